The molecule has 0 bridgehead atoms. The molecule has 116 valence electrons. The summed E-state index contributed by atoms with van der Waals surface area (Å²) in [5.74, 6) is 0.0686. The van der Waals surface area contributed by atoms with Gasteiger partial charge in [-0.05, 0) is 41.8 Å². The number of aryl methyl sites for hydroxylation is 1. The first-order valence-corrected chi connectivity index (χ1v) is 9.79. The zero-order valence-corrected chi connectivity index (χ0v) is 14.0. The van der Waals surface area contributed by atoms with Crippen molar-refractivity contribution in [3.05, 3.63) is 46.8 Å². The highest BCUT2D eigenvalue weighted by atomic mass is 32.2. The largest absolute Gasteiger partial charge is 0.316 e. The summed E-state index contributed by atoms with van der Waals surface area (Å²) in [7, 11) is -3.32. The molecule has 0 unspecified atom stereocenters. The zero-order valence-electron chi connectivity index (χ0n) is 12.4. The number of hydrogen-bond donors (Lipinski definition) is 1. The van der Waals surface area contributed by atoms with Gasteiger partial charge in [0.2, 0.25) is 5.91 Å². The minimum absolute atomic E-state index is 0.0735. The van der Waals surface area contributed by atoms with Crippen LogP contribution in [-0.4, -0.2) is 20.6 Å². The number of benzene rings is 1. The topological polar surface area (TPSA) is 63.2 Å². The van der Waals surface area contributed by atoms with Crippen LogP contribution in [0.5, 0.6) is 0 Å². The fourth-order valence-corrected chi connectivity index (χ4v) is 4.79. The predicted octanol–water partition coefficient (Wildman–Crippen LogP) is 3.20. The molecule has 1 saturated carbocycles. The second-order valence-corrected chi connectivity index (χ2v) is 8.58. The number of hydrogen-bond acceptors (Lipinski definition) is 4. The van der Waals surface area contributed by atoms with Crippen LogP contribution in [0.1, 0.15) is 23.5 Å². The Bertz CT molecular complexity index is 823. The van der Waals surface area contributed by atoms with Crippen molar-refractivity contribution in [2.75, 3.05) is 11.6 Å². The normalized spacial score (nSPS) is 20.6. The van der Waals surface area contributed by atoms with E-state index >= 15 is 0 Å². The Morgan fingerprint density at radius 1 is 1.27 bits per heavy atom. The number of anilines is 1. The molecule has 1 amide bonds. The van der Waals surface area contributed by atoms with Crippen molar-refractivity contribution in [3.8, 4) is 0 Å². The Morgan fingerprint density at radius 2 is 2.00 bits per heavy atom. The summed E-state index contributed by atoms with van der Waals surface area (Å²) >= 11 is 1.24. The van der Waals surface area contributed by atoms with Gasteiger partial charge in [0.25, 0.3) is 0 Å². The van der Waals surface area contributed by atoms with Gasteiger partial charge in [-0.2, -0.15) is 0 Å². The molecular weight excluding hydrogens is 318 g/mol. The van der Waals surface area contributed by atoms with Crippen LogP contribution >= 0.6 is 11.3 Å². The number of carbonyl (C=O) groups is 1. The van der Waals surface area contributed by atoms with Crippen molar-refractivity contribution < 1.29 is 13.2 Å². The van der Waals surface area contributed by atoms with E-state index in [9.17, 15) is 13.2 Å². The SMILES string of the molecule is Cc1ccccc1[C@@H]1C[C@H]1C(=O)Nc1sccc1S(C)(=O)=O. The van der Waals surface area contributed by atoms with E-state index in [4.69, 9.17) is 0 Å². The maximum absolute atomic E-state index is 12.3. The third-order valence-corrected chi connectivity index (χ3v) is 6.08. The van der Waals surface area contributed by atoms with Gasteiger partial charge >= 0.3 is 0 Å². The third kappa shape index (κ3) is 2.94. The van der Waals surface area contributed by atoms with E-state index in [1.165, 1.54) is 28.5 Å². The number of thiophene rings is 1. The molecule has 22 heavy (non-hydrogen) atoms. The van der Waals surface area contributed by atoms with Gasteiger partial charge in [0.15, 0.2) is 9.84 Å². The average molecular weight is 335 g/mol. The molecule has 3 rings (SSSR count). The van der Waals surface area contributed by atoms with Crippen molar-refractivity contribution in [1.29, 1.82) is 0 Å². The maximum atomic E-state index is 12.3. The van der Waals surface area contributed by atoms with E-state index in [1.54, 1.807) is 5.38 Å². The molecular formula is C16H17NO3S2. The summed E-state index contributed by atoms with van der Waals surface area (Å²) in [6, 6.07) is 9.60. The smallest absolute Gasteiger partial charge is 0.228 e. The van der Waals surface area contributed by atoms with E-state index in [-0.39, 0.29) is 22.6 Å². The van der Waals surface area contributed by atoms with E-state index in [2.05, 4.69) is 11.4 Å². The molecule has 1 fully saturated rings. The predicted molar refractivity (Wildman–Crippen MR) is 88.1 cm³/mol. The molecule has 4 nitrogen and oxygen atoms in total. The molecule has 6 heteroatoms. The Kier molecular flexibility index (Phi) is 3.82. The van der Waals surface area contributed by atoms with Crippen molar-refractivity contribution >= 4 is 32.1 Å². The maximum Gasteiger partial charge on any atom is 0.228 e. The van der Waals surface area contributed by atoms with Crippen LogP contribution in [0.3, 0.4) is 0 Å². The molecule has 1 aromatic heterocycles. The third-order valence-electron chi connectivity index (χ3n) is 3.98. The van der Waals surface area contributed by atoms with E-state index in [1.807, 2.05) is 25.1 Å². The minimum Gasteiger partial charge on any atom is -0.316 e. The Balaban J connectivity index is 1.73. The average Bonchev–Trinajstić information content (AvgIpc) is 3.09. The van der Waals surface area contributed by atoms with Crippen molar-refractivity contribution in [2.24, 2.45) is 5.92 Å². The summed E-state index contributed by atoms with van der Waals surface area (Å²) in [5, 5.41) is 4.88. The fourth-order valence-electron chi connectivity index (χ4n) is 2.72. The summed E-state index contributed by atoms with van der Waals surface area (Å²) < 4.78 is 23.3. The quantitative estimate of drug-likeness (QED) is 0.933. The highest BCUT2D eigenvalue weighted by Crippen LogP contribution is 2.49. The van der Waals surface area contributed by atoms with Gasteiger partial charge in [0.05, 0.1) is 0 Å². The fraction of sp³-hybridized carbons (Fsp3) is 0.312. The first-order chi connectivity index (χ1) is 10.4. The number of rotatable bonds is 4. The number of carbonyl (C=O) groups excluding carboxylic acids is 1. The lowest BCUT2D eigenvalue weighted by atomic mass is 10.0. The molecule has 0 saturated heterocycles. The molecule has 0 radical (unpaired) electrons. The standard InChI is InChI=1S/C16H17NO3S2/c1-10-5-3-4-6-11(10)12-9-13(12)15(18)17-16-14(7-8-21-16)22(2,19)20/h3-8,12-13H,9H2,1-2H3,(H,17,18)/t12-,13+/m0/s1. The zero-order chi connectivity index (χ0) is 15.9. The molecule has 0 spiro atoms. The van der Waals surface area contributed by atoms with Gasteiger partial charge in [0.1, 0.15) is 9.90 Å². The molecule has 1 aromatic carbocycles. The molecule has 1 aliphatic carbocycles. The lowest BCUT2D eigenvalue weighted by molar-refractivity contribution is -0.117. The monoisotopic (exact) mass is 335 g/mol. The first-order valence-electron chi connectivity index (χ1n) is 7.02. The second-order valence-electron chi connectivity index (χ2n) is 5.68. The van der Waals surface area contributed by atoms with Crippen molar-refractivity contribution in [2.45, 2.75) is 24.2 Å². The van der Waals surface area contributed by atoms with Crippen LogP contribution < -0.4 is 5.32 Å². The minimum atomic E-state index is -3.32. The molecule has 1 heterocycles. The summed E-state index contributed by atoms with van der Waals surface area (Å²) in [4.78, 5) is 12.5. The van der Waals surface area contributed by atoms with Crippen LogP contribution in [0.4, 0.5) is 5.00 Å². The Hall–Kier alpha value is -1.66. The van der Waals surface area contributed by atoms with Crippen LogP contribution in [0, 0.1) is 12.8 Å². The number of amides is 1. The molecule has 1 aliphatic rings. The summed E-state index contributed by atoms with van der Waals surface area (Å²) in [6.07, 6.45) is 1.97. The van der Waals surface area contributed by atoms with Crippen molar-refractivity contribution in [3.63, 3.8) is 0 Å². The molecule has 1 N–H and O–H groups in total. The van der Waals surface area contributed by atoms with E-state index in [0.29, 0.717) is 5.00 Å². The lowest BCUT2D eigenvalue weighted by Crippen LogP contribution is -2.15. The second kappa shape index (κ2) is 5.52. The van der Waals surface area contributed by atoms with Crippen LogP contribution in [0.25, 0.3) is 0 Å². The van der Waals surface area contributed by atoms with Gasteiger partial charge in [-0.25, -0.2) is 8.42 Å². The summed E-state index contributed by atoms with van der Waals surface area (Å²) in [5.41, 5.74) is 2.40. The van der Waals surface area contributed by atoms with Gasteiger partial charge in [0, 0.05) is 12.2 Å². The Labute approximate surface area is 134 Å². The van der Waals surface area contributed by atoms with E-state index in [0.717, 1.165) is 12.7 Å². The van der Waals surface area contributed by atoms with Crippen LogP contribution in [-0.2, 0) is 14.6 Å². The van der Waals surface area contributed by atoms with Crippen molar-refractivity contribution in [1.82, 2.24) is 0 Å². The highest BCUT2D eigenvalue weighted by molar-refractivity contribution is 7.91. The van der Waals surface area contributed by atoms with Gasteiger partial charge in [-0.1, -0.05) is 24.3 Å². The van der Waals surface area contributed by atoms with Crippen LogP contribution in [0.15, 0.2) is 40.6 Å². The molecule has 2 atom stereocenters. The summed E-state index contributed by atoms with van der Waals surface area (Å²) in [6.45, 7) is 2.05. The molecule has 0 aliphatic heterocycles. The van der Waals surface area contributed by atoms with Gasteiger partial charge in [-0.3, -0.25) is 4.79 Å². The number of sulfone groups is 1. The molecule has 2 aromatic rings. The van der Waals surface area contributed by atoms with Gasteiger partial charge in [-0.15, -0.1) is 11.3 Å². The Morgan fingerprint density at radius 3 is 2.68 bits per heavy atom. The number of nitrogens with one attached hydrogen (secondary N) is 1. The van der Waals surface area contributed by atoms with E-state index < -0.39 is 9.84 Å². The highest BCUT2D eigenvalue weighted by Gasteiger charge is 2.44. The van der Waals surface area contributed by atoms with Crippen LogP contribution in [0.2, 0.25) is 0 Å². The lowest BCUT2D eigenvalue weighted by Gasteiger charge is -2.06. The first kappa shape index (κ1) is 15.2. The van der Waals surface area contributed by atoms with Gasteiger partial charge < -0.3 is 5.32 Å².